The van der Waals surface area contributed by atoms with Crippen LogP contribution in [0.3, 0.4) is 0 Å². The standard InChI is InChI=1S/C13H13N3O/c1-9(2)12-7-13(17)16(15-12)11-5-3-10(8-14)4-6-11/h3-7,9,15H,1-2H3. The quantitative estimate of drug-likeness (QED) is 0.854. The lowest BCUT2D eigenvalue weighted by Crippen LogP contribution is -2.13. The molecule has 0 fully saturated rings. The fraction of sp³-hybridized carbons (Fsp3) is 0.231. The molecule has 1 heterocycles. The molecule has 2 rings (SSSR count). The van der Waals surface area contributed by atoms with E-state index in [4.69, 9.17) is 5.26 Å². The number of nitriles is 1. The lowest BCUT2D eigenvalue weighted by molar-refractivity contribution is 0.760. The molecule has 17 heavy (non-hydrogen) atoms. The van der Waals surface area contributed by atoms with Gasteiger partial charge in [0.25, 0.3) is 5.56 Å². The Morgan fingerprint density at radius 3 is 2.41 bits per heavy atom. The predicted molar refractivity (Wildman–Crippen MR) is 65.2 cm³/mol. The highest BCUT2D eigenvalue weighted by molar-refractivity contribution is 5.38. The molecule has 0 unspecified atom stereocenters. The molecule has 0 aliphatic rings. The number of benzene rings is 1. The Morgan fingerprint density at radius 2 is 1.94 bits per heavy atom. The lowest BCUT2D eigenvalue weighted by atomic mass is 10.1. The number of hydrogen-bond donors (Lipinski definition) is 1. The molecule has 1 aromatic heterocycles. The van der Waals surface area contributed by atoms with Gasteiger partial charge in [-0.15, -0.1) is 0 Å². The van der Waals surface area contributed by atoms with E-state index in [1.54, 1.807) is 30.3 Å². The van der Waals surface area contributed by atoms with Gasteiger partial charge >= 0.3 is 0 Å². The average Bonchev–Trinajstić information content (AvgIpc) is 2.72. The van der Waals surface area contributed by atoms with E-state index < -0.39 is 0 Å². The first kappa shape index (κ1) is 11.2. The maximum atomic E-state index is 11.8. The van der Waals surface area contributed by atoms with Crippen LogP contribution < -0.4 is 5.56 Å². The third kappa shape index (κ3) is 2.13. The first-order valence-corrected chi connectivity index (χ1v) is 5.44. The third-order valence-electron chi connectivity index (χ3n) is 2.62. The van der Waals surface area contributed by atoms with Gasteiger partial charge in [0, 0.05) is 11.8 Å². The SMILES string of the molecule is CC(C)c1cc(=O)n(-c2ccc(C#N)cc2)[nH]1. The molecule has 0 saturated heterocycles. The summed E-state index contributed by atoms with van der Waals surface area (Å²) in [4.78, 5) is 11.8. The molecule has 0 amide bonds. The highest BCUT2D eigenvalue weighted by Crippen LogP contribution is 2.11. The molecule has 4 nitrogen and oxygen atoms in total. The highest BCUT2D eigenvalue weighted by atomic mass is 16.1. The van der Waals surface area contributed by atoms with Gasteiger partial charge < -0.3 is 0 Å². The van der Waals surface area contributed by atoms with Gasteiger partial charge in [-0.05, 0) is 30.2 Å². The van der Waals surface area contributed by atoms with Crippen LogP contribution in [0.15, 0.2) is 35.1 Å². The van der Waals surface area contributed by atoms with Crippen LogP contribution in [-0.4, -0.2) is 9.78 Å². The number of hydrogen-bond acceptors (Lipinski definition) is 2. The Balaban J connectivity index is 2.46. The average molecular weight is 227 g/mol. The molecule has 1 aromatic carbocycles. The van der Waals surface area contributed by atoms with Crippen LogP contribution in [0.4, 0.5) is 0 Å². The van der Waals surface area contributed by atoms with Crippen molar-refractivity contribution >= 4 is 0 Å². The maximum Gasteiger partial charge on any atom is 0.271 e. The summed E-state index contributed by atoms with van der Waals surface area (Å²) in [7, 11) is 0. The van der Waals surface area contributed by atoms with Gasteiger partial charge in [-0.2, -0.15) is 5.26 Å². The van der Waals surface area contributed by atoms with E-state index in [-0.39, 0.29) is 11.5 Å². The van der Waals surface area contributed by atoms with E-state index in [0.29, 0.717) is 5.56 Å². The largest absolute Gasteiger partial charge is 0.295 e. The summed E-state index contributed by atoms with van der Waals surface area (Å²) in [6.45, 7) is 4.04. The molecule has 0 spiro atoms. The molecule has 86 valence electrons. The van der Waals surface area contributed by atoms with Gasteiger partial charge in [0.1, 0.15) is 0 Å². The number of nitrogens with one attached hydrogen (secondary N) is 1. The Hall–Kier alpha value is -2.28. The van der Waals surface area contributed by atoms with Gasteiger partial charge in [0.05, 0.1) is 17.3 Å². The number of aromatic nitrogens is 2. The molecule has 2 aromatic rings. The fourth-order valence-corrected chi connectivity index (χ4v) is 1.59. The van der Waals surface area contributed by atoms with Crippen LogP contribution in [0.5, 0.6) is 0 Å². The third-order valence-corrected chi connectivity index (χ3v) is 2.62. The first-order valence-electron chi connectivity index (χ1n) is 5.44. The molecule has 4 heteroatoms. The summed E-state index contributed by atoms with van der Waals surface area (Å²) in [6.07, 6.45) is 0. The van der Waals surface area contributed by atoms with Crippen LogP contribution in [0.1, 0.15) is 31.0 Å². The highest BCUT2D eigenvalue weighted by Gasteiger charge is 2.07. The lowest BCUT2D eigenvalue weighted by Gasteiger charge is -2.03. The van der Waals surface area contributed by atoms with E-state index in [9.17, 15) is 4.79 Å². The zero-order valence-corrected chi connectivity index (χ0v) is 9.77. The van der Waals surface area contributed by atoms with Crippen LogP contribution in [0.25, 0.3) is 5.69 Å². The Kier molecular flexibility index (Phi) is 2.84. The second-order valence-corrected chi connectivity index (χ2v) is 4.20. The van der Waals surface area contributed by atoms with Gasteiger partial charge in [-0.25, -0.2) is 4.68 Å². The van der Waals surface area contributed by atoms with Gasteiger partial charge in [-0.1, -0.05) is 13.8 Å². The van der Waals surface area contributed by atoms with E-state index in [0.717, 1.165) is 11.4 Å². The van der Waals surface area contributed by atoms with Crippen molar-refractivity contribution in [1.82, 2.24) is 9.78 Å². The minimum absolute atomic E-state index is 0.0848. The molecule has 0 bridgehead atoms. The zero-order chi connectivity index (χ0) is 12.4. The van der Waals surface area contributed by atoms with Crippen LogP contribution in [-0.2, 0) is 0 Å². The Bertz CT molecular complexity index is 611. The van der Waals surface area contributed by atoms with Crippen molar-refractivity contribution in [2.24, 2.45) is 0 Å². The molecule has 0 aliphatic carbocycles. The maximum absolute atomic E-state index is 11.8. The number of H-pyrrole nitrogens is 1. The van der Waals surface area contributed by atoms with Gasteiger partial charge in [0.2, 0.25) is 0 Å². The fourth-order valence-electron chi connectivity index (χ4n) is 1.59. The van der Waals surface area contributed by atoms with Crippen molar-refractivity contribution < 1.29 is 0 Å². The molecule has 1 N–H and O–H groups in total. The normalized spacial score (nSPS) is 10.5. The van der Waals surface area contributed by atoms with E-state index in [1.807, 2.05) is 19.9 Å². The van der Waals surface area contributed by atoms with Crippen molar-refractivity contribution in [3.8, 4) is 11.8 Å². The van der Waals surface area contributed by atoms with Gasteiger partial charge in [-0.3, -0.25) is 9.89 Å². The van der Waals surface area contributed by atoms with Crippen molar-refractivity contribution in [2.45, 2.75) is 19.8 Å². The molecule has 0 aliphatic heterocycles. The zero-order valence-electron chi connectivity index (χ0n) is 9.77. The summed E-state index contributed by atoms with van der Waals surface area (Å²) in [6, 6.07) is 10.5. The predicted octanol–water partition coefficient (Wildman–Crippen LogP) is 2.16. The van der Waals surface area contributed by atoms with Crippen LogP contribution >= 0.6 is 0 Å². The summed E-state index contributed by atoms with van der Waals surface area (Å²) in [5.41, 5.74) is 2.14. The number of aromatic amines is 1. The smallest absolute Gasteiger partial charge is 0.271 e. The molecule has 0 atom stereocenters. The second-order valence-electron chi connectivity index (χ2n) is 4.20. The van der Waals surface area contributed by atoms with E-state index in [2.05, 4.69) is 5.10 Å². The number of rotatable bonds is 2. The van der Waals surface area contributed by atoms with Crippen molar-refractivity contribution in [3.63, 3.8) is 0 Å². The second kappa shape index (κ2) is 4.30. The van der Waals surface area contributed by atoms with Crippen LogP contribution in [0.2, 0.25) is 0 Å². The summed E-state index contributed by atoms with van der Waals surface area (Å²) in [5.74, 6) is 0.280. The molecule has 0 saturated carbocycles. The van der Waals surface area contributed by atoms with Crippen molar-refractivity contribution in [2.75, 3.05) is 0 Å². The minimum Gasteiger partial charge on any atom is -0.295 e. The van der Waals surface area contributed by atoms with Crippen molar-refractivity contribution in [1.29, 1.82) is 5.26 Å². The number of nitrogens with zero attached hydrogens (tertiary/aromatic N) is 2. The van der Waals surface area contributed by atoms with E-state index >= 15 is 0 Å². The Morgan fingerprint density at radius 1 is 1.29 bits per heavy atom. The summed E-state index contributed by atoms with van der Waals surface area (Å²) < 4.78 is 1.48. The minimum atomic E-state index is -0.0848. The topological polar surface area (TPSA) is 61.6 Å². The first-order chi connectivity index (χ1) is 8.11. The molecule has 0 radical (unpaired) electrons. The monoisotopic (exact) mass is 227 g/mol. The molecular formula is C13H13N3O. The van der Waals surface area contributed by atoms with Crippen LogP contribution in [0, 0.1) is 11.3 Å². The summed E-state index contributed by atoms with van der Waals surface area (Å²) >= 11 is 0. The van der Waals surface area contributed by atoms with Crippen molar-refractivity contribution in [3.05, 3.63) is 51.9 Å². The van der Waals surface area contributed by atoms with E-state index in [1.165, 1.54) is 4.68 Å². The summed E-state index contributed by atoms with van der Waals surface area (Å²) in [5, 5.41) is 11.8. The molecular weight excluding hydrogens is 214 g/mol. The van der Waals surface area contributed by atoms with Gasteiger partial charge in [0.15, 0.2) is 0 Å². The Labute approximate surface area is 99.1 Å².